The molecule has 0 radical (unpaired) electrons. The van der Waals surface area contributed by atoms with Crippen molar-refractivity contribution in [3.8, 4) is 0 Å². The summed E-state index contributed by atoms with van der Waals surface area (Å²) in [4.78, 5) is 1.75. The van der Waals surface area contributed by atoms with Gasteiger partial charge in [0.15, 0.2) is 15.3 Å². The fraction of sp³-hybridized carbons (Fsp3) is 1.00. The second kappa shape index (κ2) is 7.48. The second-order valence-corrected chi connectivity index (χ2v) is 8.49. The highest BCUT2D eigenvalue weighted by Crippen LogP contribution is 2.49. The first-order valence-electron chi connectivity index (χ1n) is 5.48. The van der Waals surface area contributed by atoms with Gasteiger partial charge in [0.25, 0.3) is 0 Å². The van der Waals surface area contributed by atoms with Crippen LogP contribution >= 0.6 is 7.60 Å². The molecule has 0 saturated carbocycles. The van der Waals surface area contributed by atoms with Gasteiger partial charge < -0.3 is 13.9 Å². The van der Waals surface area contributed by atoms with Gasteiger partial charge in [-0.25, -0.2) is 8.42 Å². The summed E-state index contributed by atoms with van der Waals surface area (Å²) in [6, 6.07) is 0. The van der Waals surface area contributed by atoms with Crippen LogP contribution in [0, 0.1) is 0 Å². The summed E-state index contributed by atoms with van der Waals surface area (Å²) in [7, 11) is -3.38. The van der Waals surface area contributed by atoms with E-state index in [1.54, 1.807) is 32.8 Å². The van der Waals surface area contributed by atoms with Gasteiger partial charge in [0.1, 0.15) is 0 Å². The minimum atomic E-state index is -3.51. The van der Waals surface area contributed by atoms with Crippen LogP contribution in [0.15, 0.2) is 0 Å². The Morgan fingerprint density at radius 2 is 1.59 bits per heavy atom. The summed E-state index contributed by atoms with van der Waals surface area (Å²) in [5.74, 6) is -0.0514. The first-order chi connectivity index (χ1) is 7.74. The highest BCUT2D eigenvalue weighted by molar-refractivity contribution is 7.97. The minimum Gasteiger partial charge on any atom is -0.308 e. The standard InChI is InChI=1S/C9H22NO5PS/c1-5-14-16(11,15-6-2)9-17(12,13)8-7-10(3)4/h5-9H2,1-4H3. The van der Waals surface area contributed by atoms with Crippen molar-refractivity contribution in [2.75, 3.05) is 45.1 Å². The van der Waals surface area contributed by atoms with Gasteiger partial charge in [-0.15, -0.1) is 0 Å². The maximum absolute atomic E-state index is 12.0. The van der Waals surface area contributed by atoms with Gasteiger partial charge in [0.2, 0.25) is 0 Å². The van der Waals surface area contributed by atoms with Crippen molar-refractivity contribution in [2.24, 2.45) is 0 Å². The number of sulfone groups is 1. The first-order valence-corrected chi connectivity index (χ1v) is 9.03. The van der Waals surface area contributed by atoms with Gasteiger partial charge in [-0.2, -0.15) is 0 Å². The van der Waals surface area contributed by atoms with Gasteiger partial charge in [0.05, 0.1) is 19.0 Å². The maximum Gasteiger partial charge on any atom is 0.345 e. The molecule has 8 heteroatoms. The Kier molecular flexibility index (Phi) is 7.51. The Balaban J connectivity index is 4.58. The number of hydrogen-bond acceptors (Lipinski definition) is 6. The molecular weight excluding hydrogens is 265 g/mol. The van der Waals surface area contributed by atoms with Gasteiger partial charge in [-0.1, -0.05) is 0 Å². The quantitative estimate of drug-likeness (QED) is 0.593. The summed E-state index contributed by atoms with van der Waals surface area (Å²) in [6.07, 6.45) is 0. The van der Waals surface area contributed by atoms with Crippen LogP contribution in [-0.4, -0.2) is 58.4 Å². The van der Waals surface area contributed by atoms with Crippen LogP contribution < -0.4 is 0 Å². The van der Waals surface area contributed by atoms with Crippen LogP contribution in [0.3, 0.4) is 0 Å². The summed E-state index contributed by atoms with van der Waals surface area (Å²) in [5, 5.41) is 0. The largest absolute Gasteiger partial charge is 0.345 e. The van der Waals surface area contributed by atoms with E-state index in [1.165, 1.54) is 0 Å². The molecule has 0 aliphatic heterocycles. The number of rotatable bonds is 9. The predicted octanol–water partition coefficient (Wildman–Crippen LogP) is 1.19. The van der Waals surface area contributed by atoms with E-state index in [-0.39, 0.29) is 19.0 Å². The average molecular weight is 287 g/mol. The van der Waals surface area contributed by atoms with E-state index >= 15 is 0 Å². The molecule has 0 bridgehead atoms. The molecule has 0 amide bonds. The molecule has 0 rings (SSSR count). The fourth-order valence-corrected chi connectivity index (χ4v) is 5.68. The van der Waals surface area contributed by atoms with Gasteiger partial charge in [-0.05, 0) is 27.9 Å². The lowest BCUT2D eigenvalue weighted by Crippen LogP contribution is -2.24. The zero-order chi connectivity index (χ0) is 13.5. The zero-order valence-electron chi connectivity index (χ0n) is 10.9. The van der Waals surface area contributed by atoms with Crippen molar-refractivity contribution < 1.29 is 22.0 Å². The predicted molar refractivity (Wildman–Crippen MR) is 68.1 cm³/mol. The summed E-state index contributed by atoms with van der Waals surface area (Å²) < 4.78 is 45.4. The summed E-state index contributed by atoms with van der Waals surface area (Å²) in [6.45, 7) is 4.03. The van der Waals surface area contributed by atoms with Crippen molar-refractivity contribution in [1.82, 2.24) is 4.90 Å². The molecule has 104 valence electrons. The Labute approximate surface area is 104 Å². The first kappa shape index (κ1) is 17.1. The number of nitrogens with zero attached hydrogens (tertiary/aromatic N) is 1. The molecule has 0 unspecified atom stereocenters. The molecule has 6 nitrogen and oxygen atoms in total. The van der Waals surface area contributed by atoms with E-state index in [2.05, 4.69) is 0 Å². The molecule has 0 N–H and O–H groups in total. The Bertz CT molecular complexity index is 344. The molecule has 0 aromatic heterocycles. The zero-order valence-corrected chi connectivity index (χ0v) is 12.6. The van der Waals surface area contributed by atoms with Gasteiger partial charge >= 0.3 is 7.60 Å². The van der Waals surface area contributed by atoms with Crippen LogP contribution in [0.4, 0.5) is 0 Å². The van der Waals surface area contributed by atoms with E-state index in [0.29, 0.717) is 6.54 Å². The maximum atomic E-state index is 12.0. The molecule has 0 aromatic carbocycles. The second-order valence-electron chi connectivity index (χ2n) is 3.83. The third-order valence-electron chi connectivity index (χ3n) is 1.86. The van der Waals surface area contributed by atoms with Crippen LogP contribution in [0.25, 0.3) is 0 Å². The fourth-order valence-electron chi connectivity index (χ4n) is 1.13. The molecule has 0 fully saturated rings. The number of hydrogen-bond donors (Lipinski definition) is 0. The molecule has 0 atom stereocenters. The van der Waals surface area contributed by atoms with Crippen molar-refractivity contribution in [3.05, 3.63) is 0 Å². The monoisotopic (exact) mass is 287 g/mol. The average Bonchev–Trinajstić information content (AvgIpc) is 2.14. The lowest BCUT2D eigenvalue weighted by molar-refractivity contribution is 0.223. The minimum absolute atomic E-state index is 0.0514. The van der Waals surface area contributed by atoms with Gasteiger partial charge in [-0.3, -0.25) is 4.57 Å². The van der Waals surface area contributed by atoms with Crippen molar-refractivity contribution in [1.29, 1.82) is 0 Å². The van der Waals surface area contributed by atoms with E-state index in [1.807, 2.05) is 0 Å². The third kappa shape index (κ3) is 7.89. The van der Waals surface area contributed by atoms with E-state index in [0.717, 1.165) is 0 Å². The summed E-state index contributed by atoms with van der Waals surface area (Å²) in [5.41, 5.74) is -0.546. The topological polar surface area (TPSA) is 72.9 Å². The molecule has 0 aliphatic rings. The Morgan fingerprint density at radius 3 is 1.94 bits per heavy atom. The summed E-state index contributed by atoms with van der Waals surface area (Å²) >= 11 is 0. The lowest BCUT2D eigenvalue weighted by atomic mass is 10.7. The molecular formula is C9H22NO5PS. The van der Waals surface area contributed by atoms with E-state index in [4.69, 9.17) is 9.05 Å². The molecule has 17 heavy (non-hydrogen) atoms. The highest BCUT2D eigenvalue weighted by atomic mass is 32.2. The van der Waals surface area contributed by atoms with Gasteiger partial charge in [0, 0.05) is 6.54 Å². The third-order valence-corrected chi connectivity index (χ3v) is 6.80. The van der Waals surface area contributed by atoms with Crippen molar-refractivity contribution >= 4 is 17.4 Å². The molecule has 0 spiro atoms. The van der Waals surface area contributed by atoms with E-state index in [9.17, 15) is 13.0 Å². The SMILES string of the molecule is CCOP(=O)(CS(=O)(=O)CCN(C)C)OCC. The van der Waals surface area contributed by atoms with Crippen LogP contribution in [-0.2, 0) is 23.4 Å². The normalized spacial score (nSPS) is 13.2. The lowest BCUT2D eigenvalue weighted by Gasteiger charge is -2.17. The van der Waals surface area contributed by atoms with Crippen LogP contribution in [0.1, 0.15) is 13.8 Å². The Morgan fingerprint density at radius 1 is 1.12 bits per heavy atom. The van der Waals surface area contributed by atoms with E-state index < -0.39 is 22.9 Å². The molecule has 0 aromatic rings. The highest BCUT2D eigenvalue weighted by Gasteiger charge is 2.31. The van der Waals surface area contributed by atoms with Crippen molar-refractivity contribution in [3.63, 3.8) is 0 Å². The smallest absolute Gasteiger partial charge is 0.308 e. The Hall–Kier alpha value is 0.0600. The van der Waals surface area contributed by atoms with Crippen molar-refractivity contribution in [2.45, 2.75) is 13.8 Å². The van der Waals surface area contributed by atoms with Crippen LogP contribution in [0.2, 0.25) is 0 Å². The van der Waals surface area contributed by atoms with Crippen LogP contribution in [0.5, 0.6) is 0 Å². The molecule has 0 aliphatic carbocycles. The molecule has 0 saturated heterocycles. The molecule has 0 heterocycles.